The average molecular weight is 462 g/mol. The summed E-state index contributed by atoms with van der Waals surface area (Å²) in [6, 6.07) is 8.15. The van der Waals surface area contributed by atoms with Gasteiger partial charge in [0.05, 0.1) is 0 Å². The van der Waals surface area contributed by atoms with Gasteiger partial charge in [-0.25, -0.2) is 4.76 Å². The monoisotopic (exact) mass is 461 g/mol. The first-order chi connectivity index (χ1) is 15.4. The van der Waals surface area contributed by atoms with Crippen molar-refractivity contribution < 1.29 is 29.0 Å². The largest absolute Gasteiger partial charge is 0.604 e. The van der Waals surface area contributed by atoms with Gasteiger partial charge in [-0.2, -0.15) is 10.0 Å². The van der Waals surface area contributed by atoms with Gasteiger partial charge < -0.3 is 10.3 Å². The highest BCUT2D eigenvalue weighted by Crippen LogP contribution is 2.38. The third-order valence-corrected chi connectivity index (χ3v) is 5.97. The van der Waals surface area contributed by atoms with Crippen LogP contribution in [0.2, 0.25) is 0 Å². The fourth-order valence-corrected chi connectivity index (χ4v) is 4.47. The third kappa shape index (κ3) is 4.85. The van der Waals surface area contributed by atoms with Crippen molar-refractivity contribution in [1.29, 1.82) is 0 Å². The smallest absolute Gasteiger partial charge is 0.313 e. The SMILES string of the molecule is CC(=O)NN(C(=O)c1ccccc1)C1CCC(=O)N2C(C(C)(C)C)NC[C@H](C(=O)O)C[N+]12[O-]. The third-order valence-electron chi connectivity index (χ3n) is 5.97. The molecular formula is C22H31N5O6. The second-order valence-corrected chi connectivity index (χ2v) is 9.62. The molecule has 4 atom stereocenters. The normalized spacial score (nSPS) is 27.8. The summed E-state index contributed by atoms with van der Waals surface area (Å²) < 4.78 is -1.39. The number of nitrogens with one attached hydrogen (secondary N) is 2. The van der Waals surface area contributed by atoms with E-state index in [1.165, 1.54) is 6.92 Å². The molecule has 2 aliphatic heterocycles. The number of carboxylic acids is 1. The zero-order valence-corrected chi connectivity index (χ0v) is 19.3. The Balaban J connectivity index is 2.14. The molecule has 1 aromatic carbocycles. The lowest BCUT2D eigenvalue weighted by Crippen LogP contribution is -2.77. The summed E-state index contributed by atoms with van der Waals surface area (Å²) in [4.78, 5) is 50.4. The summed E-state index contributed by atoms with van der Waals surface area (Å²) in [7, 11) is 0. The lowest BCUT2D eigenvalue weighted by molar-refractivity contribution is -1.02. The second-order valence-electron chi connectivity index (χ2n) is 9.62. The Morgan fingerprint density at radius 2 is 1.88 bits per heavy atom. The van der Waals surface area contributed by atoms with Crippen molar-refractivity contribution in [2.24, 2.45) is 11.3 Å². The lowest BCUT2D eigenvalue weighted by Gasteiger charge is -2.60. The van der Waals surface area contributed by atoms with Gasteiger partial charge >= 0.3 is 5.97 Å². The first-order valence-electron chi connectivity index (χ1n) is 10.9. The molecule has 0 aliphatic carbocycles. The van der Waals surface area contributed by atoms with Crippen LogP contribution in [-0.4, -0.2) is 69.0 Å². The maximum Gasteiger partial charge on any atom is 0.313 e. The van der Waals surface area contributed by atoms with Crippen LogP contribution in [0.1, 0.15) is 50.9 Å². The number of hydrogen-bond donors (Lipinski definition) is 3. The van der Waals surface area contributed by atoms with Crippen LogP contribution >= 0.6 is 0 Å². The Bertz CT molecular complexity index is 933. The van der Waals surface area contributed by atoms with Gasteiger partial charge in [0.15, 0.2) is 0 Å². The van der Waals surface area contributed by atoms with Gasteiger partial charge in [-0.15, -0.1) is 0 Å². The summed E-state index contributed by atoms with van der Waals surface area (Å²) in [5, 5.41) is 29.5. The van der Waals surface area contributed by atoms with E-state index >= 15 is 0 Å². The summed E-state index contributed by atoms with van der Waals surface area (Å²) in [5.41, 5.74) is 2.10. The maximum absolute atomic E-state index is 14.6. The second kappa shape index (κ2) is 9.08. The number of aliphatic carboxylic acids is 1. The van der Waals surface area contributed by atoms with Crippen LogP contribution in [0.5, 0.6) is 0 Å². The van der Waals surface area contributed by atoms with Crippen LogP contribution in [0, 0.1) is 16.5 Å². The van der Waals surface area contributed by atoms with Crippen molar-refractivity contribution in [3.8, 4) is 0 Å². The molecule has 3 rings (SSSR count). The Kier molecular flexibility index (Phi) is 6.78. The molecular weight excluding hydrogens is 430 g/mol. The van der Waals surface area contributed by atoms with E-state index in [1.54, 1.807) is 30.3 Å². The fraction of sp³-hybridized carbons (Fsp3) is 0.545. The minimum absolute atomic E-state index is 0.0111. The van der Waals surface area contributed by atoms with E-state index in [0.717, 1.165) is 10.0 Å². The minimum atomic E-state index is -1.39. The number of hydrazine groups is 1. The number of benzene rings is 1. The molecule has 11 nitrogen and oxygen atoms in total. The molecule has 2 heterocycles. The molecule has 0 bridgehead atoms. The minimum Gasteiger partial charge on any atom is -0.604 e. The fourth-order valence-electron chi connectivity index (χ4n) is 4.47. The number of amides is 3. The van der Waals surface area contributed by atoms with Gasteiger partial charge in [0, 0.05) is 37.3 Å². The van der Waals surface area contributed by atoms with Crippen molar-refractivity contribution in [1.82, 2.24) is 20.8 Å². The van der Waals surface area contributed by atoms with E-state index in [-0.39, 0.29) is 24.9 Å². The molecule has 33 heavy (non-hydrogen) atoms. The first kappa shape index (κ1) is 24.6. The van der Waals surface area contributed by atoms with Gasteiger partial charge in [0.2, 0.25) is 12.1 Å². The lowest BCUT2D eigenvalue weighted by atomic mass is 9.91. The molecule has 3 amide bonds. The first-order valence-corrected chi connectivity index (χ1v) is 10.9. The van der Waals surface area contributed by atoms with Gasteiger partial charge in [0.1, 0.15) is 18.6 Å². The van der Waals surface area contributed by atoms with Crippen LogP contribution in [-0.2, 0) is 14.4 Å². The summed E-state index contributed by atoms with van der Waals surface area (Å²) in [6.07, 6.45) is -2.07. The highest BCUT2D eigenvalue weighted by atomic mass is 16.6. The molecule has 0 radical (unpaired) electrons. The van der Waals surface area contributed by atoms with E-state index < -0.39 is 58.7 Å². The topological polar surface area (TPSA) is 142 Å². The average Bonchev–Trinajstić information content (AvgIpc) is 2.90. The van der Waals surface area contributed by atoms with Crippen molar-refractivity contribution in [2.75, 3.05) is 13.1 Å². The predicted octanol–water partition coefficient (Wildman–Crippen LogP) is 1.03. The number of carbonyl (C=O) groups excluding carboxylic acids is 3. The number of fused-ring (bicyclic) bond motifs is 1. The summed E-state index contributed by atoms with van der Waals surface area (Å²) in [6.45, 7) is 6.26. The molecule has 2 aliphatic rings. The standard InChI is InChI=1S/C22H31N5O6/c1-14(28)24-25(19(30)15-8-6-5-7-9-15)17-10-11-18(29)26-21(22(2,3)4)23-12-16(20(31)32)13-27(17,26)33/h5-9,16-17,21,23H,10-13H2,1-4H3,(H,24,28)(H,31,32)/t16-,17?,21?,27?/m0/s1. The Morgan fingerprint density at radius 1 is 1.24 bits per heavy atom. The molecule has 3 N–H and O–H groups in total. The van der Waals surface area contributed by atoms with Crippen LogP contribution in [0.3, 0.4) is 0 Å². The molecule has 0 spiro atoms. The van der Waals surface area contributed by atoms with Crippen molar-refractivity contribution in [2.45, 2.75) is 52.9 Å². The number of hydrogen-bond acceptors (Lipinski definition) is 6. The summed E-state index contributed by atoms with van der Waals surface area (Å²) in [5.74, 6) is -3.90. The predicted molar refractivity (Wildman–Crippen MR) is 117 cm³/mol. The van der Waals surface area contributed by atoms with Crippen LogP contribution < -0.4 is 10.7 Å². The molecule has 3 unspecified atom stereocenters. The van der Waals surface area contributed by atoms with Crippen LogP contribution in [0.15, 0.2) is 30.3 Å². The maximum atomic E-state index is 14.6. The number of quaternary nitrogens is 1. The van der Waals surface area contributed by atoms with Crippen LogP contribution in [0.25, 0.3) is 0 Å². The van der Waals surface area contributed by atoms with Crippen molar-refractivity contribution in [3.05, 3.63) is 41.1 Å². The Morgan fingerprint density at radius 3 is 2.42 bits per heavy atom. The molecule has 0 aromatic heterocycles. The zero-order valence-electron chi connectivity index (χ0n) is 19.3. The van der Waals surface area contributed by atoms with E-state index in [4.69, 9.17) is 0 Å². The quantitative estimate of drug-likeness (QED) is 0.347. The molecule has 11 heteroatoms. The number of carbonyl (C=O) groups is 4. The molecule has 2 saturated heterocycles. The van der Waals surface area contributed by atoms with Gasteiger partial charge in [-0.05, 0) is 12.1 Å². The van der Waals surface area contributed by atoms with Gasteiger partial charge in [-0.3, -0.25) is 29.9 Å². The van der Waals surface area contributed by atoms with E-state index in [9.17, 15) is 29.5 Å². The van der Waals surface area contributed by atoms with Gasteiger partial charge in [-0.1, -0.05) is 39.0 Å². The molecule has 1 aromatic rings. The van der Waals surface area contributed by atoms with Crippen molar-refractivity contribution >= 4 is 23.7 Å². The van der Waals surface area contributed by atoms with Gasteiger partial charge in [0.25, 0.3) is 11.8 Å². The number of rotatable bonds is 3. The highest BCUT2D eigenvalue weighted by molar-refractivity contribution is 5.95. The highest BCUT2D eigenvalue weighted by Gasteiger charge is 2.56. The van der Waals surface area contributed by atoms with E-state index in [0.29, 0.717) is 0 Å². The number of hydroxylamine groups is 2. The zero-order chi connectivity index (χ0) is 24.6. The number of nitrogens with zero attached hydrogens (tertiary/aromatic N) is 3. The Labute approximate surface area is 192 Å². The molecule has 0 saturated carbocycles. The summed E-state index contributed by atoms with van der Waals surface area (Å²) >= 11 is 0. The number of carboxylic acid groups (broad SMARTS) is 1. The van der Waals surface area contributed by atoms with Crippen LogP contribution in [0.4, 0.5) is 0 Å². The Hall–Kier alpha value is -3.02. The van der Waals surface area contributed by atoms with E-state index in [2.05, 4.69) is 10.7 Å². The molecule has 180 valence electrons. The van der Waals surface area contributed by atoms with E-state index in [1.807, 2.05) is 20.8 Å². The molecule has 2 fully saturated rings. The van der Waals surface area contributed by atoms with Crippen molar-refractivity contribution in [3.63, 3.8) is 0 Å².